The van der Waals surface area contributed by atoms with E-state index in [1.165, 1.54) is 11.1 Å². The molecule has 2 rings (SSSR count). The van der Waals surface area contributed by atoms with Crippen LogP contribution in [0.5, 0.6) is 0 Å². The van der Waals surface area contributed by atoms with Gasteiger partial charge in [0.1, 0.15) is 0 Å². The number of thioether (sulfide) groups is 1. The highest BCUT2D eigenvalue weighted by atomic mass is 32.2. The van der Waals surface area contributed by atoms with E-state index in [0.29, 0.717) is 6.54 Å². The summed E-state index contributed by atoms with van der Waals surface area (Å²) in [5, 5.41) is 1.04. The van der Waals surface area contributed by atoms with Crippen LogP contribution in [-0.4, -0.2) is 4.98 Å². The van der Waals surface area contributed by atoms with Crippen molar-refractivity contribution in [2.24, 2.45) is 5.73 Å². The van der Waals surface area contributed by atoms with Gasteiger partial charge in [-0.2, -0.15) is 0 Å². The van der Waals surface area contributed by atoms with Crippen LogP contribution in [0.1, 0.15) is 16.8 Å². The third-order valence-electron chi connectivity index (χ3n) is 2.63. The van der Waals surface area contributed by atoms with Crippen LogP contribution in [-0.2, 0) is 12.3 Å². The van der Waals surface area contributed by atoms with Crippen LogP contribution in [0.25, 0.3) is 0 Å². The van der Waals surface area contributed by atoms with Crippen molar-refractivity contribution < 1.29 is 0 Å². The van der Waals surface area contributed by atoms with Crippen LogP contribution < -0.4 is 5.73 Å². The number of pyridine rings is 1. The van der Waals surface area contributed by atoms with Crippen LogP contribution in [0.2, 0.25) is 0 Å². The second-order valence-electron chi connectivity index (χ2n) is 3.89. The fourth-order valence-corrected chi connectivity index (χ4v) is 2.56. The molecule has 0 radical (unpaired) electrons. The molecule has 0 atom stereocenters. The molecule has 1 aromatic heterocycles. The van der Waals surface area contributed by atoms with Crippen LogP contribution in [0.4, 0.5) is 0 Å². The quantitative estimate of drug-likeness (QED) is 0.840. The zero-order valence-electron chi connectivity index (χ0n) is 9.89. The standard InChI is InChI=1S/C14H16N2S/c1-11-5-2-3-6-12(11)10-17-14-8-4-7-13(9-15)16-14/h2-8H,9-10,15H2,1H3. The minimum atomic E-state index is 0.499. The monoisotopic (exact) mass is 244 g/mol. The van der Waals surface area contributed by atoms with E-state index in [1.54, 1.807) is 11.8 Å². The van der Waals surface area contributed by atoms with Crippen molar-refractivity contribution in [2.45, 2.75) is 24.2 Å². The zero-order valence-corrected chi connectivity index (χ0v) is 10.7. The highest BCUT2D eigenvalue weighted by Crippen LogP contribution is 2.22. The molecular weight excluding hydrogens is 228 g/mol. The second-order valence-corrected chi connectivity index (χ2v) is 4.88. The molecule has 2 nitrogen and oxygen atoms in total. The van der Waals surface area contributed by atoms with Crippen LogP contribution in [0.15, 0.2) is 47.5 Å². The molecule has 1 heterocycles. The Labute approximate surface area is 106 Å². The first-order valence-corrected chi connectivity index (χ1v) is 6.61. The average molecular weight is 244 g/mol. The molecule has 1 aromatic carbocycles. The van der Waals surface area contributed by atoms with E-state index in [1.807, 2.05) is 18.2 Å². The van der Waals surface area contributed by atoms with E-state index < -0.39 is 0 Å². The SMILES string of the molecule is Cc1ccccc1CSc1cccc(CN)n1. The lowest BCUT2D eigenvalue weighted by molar-refractivity contribution is 0.941. The van der Waals surface area contributed by atoms with Gasteiger partial charge in [-0.15, -0.1) is 11.8 Å². The number of benzene rings is 1. The number of hydrogen-bond donors (Lipinski definition) is 1. The van der Waals surface area contributed by atoms with Crippen LogP contribution in [0.3, 0.4) is 0 Å². The Bertz CT molecular complexity index is 497. The van der Waals surface area contributed by atoms with E-state index in [9.17, 15) is 0 Å². The predicted octanol–water partition coefficient (Wildman–Crippen LogP) is 3.14. The molecule has 0 aliphatic carbocycles. The molecule has 0 spiro atoms. The smallest absolute Gasteiger partial charge is 0.0966 e. The summed E-state index contributed by atoms with van der Waals surface area (Å²) in [5.74, 6) is 0.952. The van der Waals surface area contributed by atoms with Crippen molar-refractivity contribution in [3.8, 4) is 0 Å². The molecular formula is C14H16N2S. The molecule has 88 valence electrons. The number of nitrogens with two attached hydrogens (primary N) is 1. The van der Waals surface area contributed by atoms with Crippen molar-refractivity contribution >= 4 is 11.8 Å². The largest absolute Gasteiger partial charge is 0.325 e. The number of nitrogens with zero attached hydrogens (tertiary/aromatic N) is 1. The molecule has 2 N–H and O–H groups in total. The molecule has 2 aromatic rings. The third-order valence-corrected chi connectivity index (χ3v) is 3.61. The number of hydrogen-bond acceptors (Lipinski definition) is 3. The first-order valence-electron chi connectivity index (χ1n) is 5.63. The van der Waals surface area contributed by atoms with E-state index in [4.69, 9.17) is 5.73 Å². The van der Waals surface area contributed by atoms with Crippen LogP contribution in [0, 0.1) is 6.92 Å². The molecule has 0 amide bonds. The van der Waals surface area contributed by atoms with Gasteiger partial charge in [0.05, 0.1) is 10.7 Å². The second kappa shape index (κ2) is 5.84. The summed E-state index contributed by atoms with van der Waals surface area (Å²) in [4.78, 5) is 4.47. The highest BCUT2D eigenvalue weighted by molar-refractivity contribution is 7.98. The Balaban J connectivity index is 2.05. The predicted molar refractivity (Wildman–Crippen MR) is 72.9 cm³/mol. The summed E-state index contributed by atoms with van der Waals surface area (Å²) in [6.07, 6.45) is 0. The minimum Gasteiger partial charge on any atom is -0.325 e. The minimum absolute atomic E-state index is 0.499. The summed E-state index contributed by atoms with van der Waals surface area (Å²) >= 11 is 1.75. The maximum Gasteiger partial charge on any atom is 0.0966 e. The molecule has 0 bridgehead atoms. The van der Waals surface area contributed by atoms with E-state index in [2.05, 4.69) is 36.2 Å². The fourth-order valence-electron chi connectivity index (χ4n) is 1.58. The van der Waals surface area contributed by atoms with E-state index in [0.717, 1.165) is 16.5 Å². The average Bonchev–Trinajstić information content (AvgIpc) is 2.38. The van der Waals surface area contributed by atoms with Gasteiger partial charge in [0.2, 0.25) is 0 Å². The normalized spacial score (nSPS) is 10.5. The Hall–Kier alpha value is -1.32. The van der Waals surface area contributed by atoms with Crippen molar-refractivity contribution in [2.75, 3.05) is 0 Å². The molecule has 0 aliphatic rings. The lowest BCUT2D eigenvalue weighted by Crippen LogP contribution is -1.99. The van der Waals surface area contributed by atoms with Gasteiger partial charge in [0.15, 0.2) is 0 Å². The summed E-state index contributed by atoms with van der Waals surface area (Å²) in [6, 6.07) is 14.4. The lowest BCUT2D eigenvalue weighted by atomic mass is 10.1. The summed E-state index contributed by atoms with van der Waals surface area (Å²) in [7, 11) is 0. The first-order chi connectivity index (χ1) is 8.29. The third kappa shape index (κ3) is 3.32. The number of aryl methyl sites for hydroxylation is 1. The van der Waals surface area contributed by atoms with Crippen molar-refractivity contribution in [1.29, 1.82) is 0 Å². The first kappa shape index (κ1) is 12.1. The maximum atomic E-state index is 5.58. The van der Waals surface area contributed by atoms with E-state index in [-0.39, 0.29) is 0 Å². The molecule has 0 saturated carbocycles. The Morgan fingerprint density at radius 1 is 1.12 bits per heavy atom. The molecule has 17 heavy (non-hydrogen) atoms. The molecule has 0 fully saturated rings. The summed E-state index contributed by atoms with van der Waals surface area (Å²) in [6.45, 7) is 2.64. The maximum absolute atomic E-state index is 5.58. The Morgan fingerprint density at radius 2 is 1.94 bits per heavy atom. The van der Waals surface area contributed by atoms with Crippen molar-refractivity contribution in [3.63, 3.8) is 0 Å². The van der Waals surface area contributed by atoms with Gasteiger partial charge in [-0.3, -0.25) is 0 Å². The lowest BCUT2D eigenvalue weighted by Gasteiger charge is -2.05. The van der Waals surface area contributed by atoms with Crippen molar-refractivity contribution in [3.05, 3.63) is 59.3 Å². The Kier molecular flexibility index (Phi) is 4.18. The molecule has 0 aliphatic heterocycles. The molecule has 0 unspecified atom stereocenters. The van der Waals surface area contributed by atoms with Gasteiger partial charge in [0.25, 0.3) is 0 Å². The molecule has 0 saturated heterocycles. The molecule has 3 heteroatoms. The zero-order chi connectivity index (χ0) is 12.1. The van der Waals surface area contributed by atoms with Gasteiger partial charge >= 0.3 is 0 Å². The highest BCUT2D eigenvalue weighted by Gasteiger charge is 2.00. The summed E-state index contributed by atoms with van der Waals surface area (Å²) < 4.78 is 0. The van der Waals surface area contributed by atoms with Gasteiger partial charge in [-0.05, 0) is 30.2 Å². The van der Waals surface area contributed by atoms with Crippen molar-refractivity contribution in [1.82, 2.24) is 4.98 Å². The van der Waals surface area contributed by atoms with Crippen LogP contribution >= 0.6 is 11.8 Å². The van der Waals surface area contributed by atoms with E-state index >= 15 is 0 Å². The van der Waals surface area contributed by atoms with Gasteiger partial charge in [0, 0.05) is 12.3 Å². The van der Waals surface area contributed by atoms with Gasteiger partial charge in [-0.25, -0.2) is 4.98 Å². The number of rotatable bonds is 4. The van der Waals surface area contributed by atoms with Gasteiger partial charge < -0.3 is 5.73 Å². The fraction of sp³-hybridized carbons (Fsp3) is 0.214. The number of aromatic nitrogens is 1. The Morgan fingerprint density at radius 3 is 2.71 bits per heavy atom. The summed E-state index contributed by atoms with van der Waals surface area (Å²) in [5.41, 5.74) is 9.21. The topological polar surface area (TPSA) is 38.9 Å². The van der Waals surface area contributed by atoms with Gasteiger partial charge in [-0.1, -0.05) is 30.3 Å².